The third kappa shape index (κ3) is 7.97. The molecule has 0 aliphatic heterocycles. The molecule has 2 heteroatoms. The number of anilines is 3. The van der Waals surface area contributed by atoms with Crippen LogP contribution in [0, 0.1) is 0 Å². The maximum absolute atomic E-state index is 4.24. The highest BCUT2D eigenvalue weighted by molar-refractivity contribution is 5.98. The van der Waals surface area contributed by atoms with Crippen LogP contribution in [0.4, 0.5) is 17.1 Å². The van der Waals surface area contributed by atoms with Crippen LogP contribution in [-0.2, 0) is 5.41 Å². The number of benzene rings is 6. The lowest BCUT2D eigenvalue weighted by Crippen LogP contribution is -2.27. The van der Waals surface area contributed by atoms with E-state index in [-0.39, 0.29) is 0 Å². The normalized spacial score (nSPS) is 17.4. The lowest BCUT2D eigenvalue weighted by Gasteiger charge is -2.33. The van der Waals surface area contributed by atoms with E-state index in [0.29, 0.717) is 0 Å². The van der Waals surface area contributed by atoms with E-state index in [1.54, 1.807) is 6.20 Å². The van der Waals surface area contributed by atoms with Crippen molar-refractivity contribution < 1.29 is 0 Å². The second kappa shape index (κ2) is 20.3. The van der Waals surface area contributed by atoms with Gasteiger partial charge in [-0.15, -0.1) is 0 Å². The average molecular weight is 833 g/mol. The Morgan fingerprint density at radius 2 is 1.22 bits per heavy atom. The van der Waals surface area contributed by atoms with Gasteiger partial charge in [-0.2, -0.15) is 0 Å². The average Bonchev–Trinajstić information content (AvgIpc) is 3.81. The molecular weight excluding hydrogens is 773 g/mol. The van der Waals surface area contributed by atoms with Crippen LogP contribution in [0.5, 0.6) is 0 Å². The predicted molar refractivity (Wildman–Crippen MR) is 283 cm³/mol. The Balaban J connectivity index is 0.000000631. The van der Waals surface area contributed by atoms with Gasteiger partial charge in [0, 0.05) is 23.3 Å². The van der Waals surface area contributed by atoms with Crippen LogP contribution in [-0.4, -0.2) is 6.72 Å². The molecule has 0 heterocycles. The van der Waals surface area contributed by atoms with Crippen LogP contribution in [0.15, 0.2) is 200 Å². The molecule has 64 heavy (non-hydrogen) atoms. The van der Waals surface area contributed by atoms with Crippen molar-refractivity contribution >= 4 is 53.2 Å². The van der Waals surface area contributed by atoms with Crippen molar-refractivity contribution in [1.82, 2.24) is 0 Å². The maximum atomic E-state index is 4.24. The number of fused-ring (bicyclic) bond motifs is 10. The van der Waals surface area contributed by atoms with Crippen molar-refractivity contribution in [2.24, 2.45) is 4.99 Å². The molecule has 6 aromatic carbocycles. The minimum Gasteiger partial charge on any atom is -0.310 e. The number of hydrogen-bond donors (Lipinski definition) is 0. The smallest absolute Gasteiger partial charge is 0.0722 e. The van der Waals surface area contributed by atoms with Gasteiger partial charge in [0.15, 0.2) is 0 Å². The molecule has 4 aliphatic rings. The van der Waals surface area contributed by atoms with Crippen LogP contribution < -0.4 is 4.90 Å². The summed E-state index contributed by atoms with van der Waals surface area (Å²) in [5, 5.41) is 0. The lowest BCUT2D eigenvalue weighted by atomic mass is 9.68. The zero-order chi connectivity index (χ0) is 45.2. The molecule has 6 aromatic rings. The standard InChI is InChI=1S/C54H41N.C4H7N.2C2H6/c1-4-37-32-48-49-35-44(30-31-52(49)54(53(48)33-38(37)5-2)50-22-14-12-20-45(50)46-21-13-15-23-51(46)54)55(42-27-24-40(25-28-42)39-17-9-7-10-18-39)43-29-26-41-19-11-6-8-16-36(3)47(41)34-43;1-3-4-5-2;2*1-2/h4-12,14-20,22-35H,1-2,13,21H2,3H3;3-4H,2H2,1H3;2*1-2H3/b8-6-,11-6?,16-8?,19-11-,36-16+,41-19?,47-36?;4-3-;;. The second-order valence-electron chi connectivity index (χ2n) is 15.6. The fourth-order valence-electron chi connectivity index (χ4n) is 9.65. The third-order valence-corrected chi connectivity index (χ3v) is 12.3. The Bertz CT molecular complexity index is 2870. The quantitative estimate of drug-likeness (QED) is 0.146. The van der Waals surface area contributed by atoms with Crippen LogP contribution in [0.3, 0.4) is 0 Å². The molecule has 0 N–H and O–H groups in total. The first-order chi connectivity index (χ1) is 31.5. The highest BCUT2D eigenvalue weighted by Crippen LogP contribution is 2.64. The summed E-state index contributed by atoms with van der Waals surface area (Å²) in [7, 11) is 0. The summed E-state index contributed by atoms with van der Waals surface area (Å²) in [6, 6.07) is 47.5. The van der Waals surface area contributed by atoms with Crippen LogP contribution in [0.25, 0.3) is 51.6 Å². The molecule has 0 saturated heterocycles. The topological polar surface area (TPSA) is 15.6 Å². The molecular formula is C62H60N2. The SMILES string of the molecule is C=Cc1cc2c(cc1C=C)C1(C3=C(CCC=C3)c3ccccc31)c1ccc(N(c3ccc(-c4ccccc4)cc3)c3ccc4c(c3)/C(C)=C/C=C\C=C/4)cc1-2.C=N/C=C\C.CC.CC. The maximum Gasteiger partial charge on any atom is 0.0722 e. The van der Waals surface area contributed by atoms with Gasteiger partial charge in [-0.1, -0.05) is 180 Å². The number of allylic oxidation sites excluding steroid dienone is 10. The van der Waals surface area contributed by atoms with Gasteiger partial charge >= 0.3 is 0 Å². The third-order valence-electron chi connectivity index (χ3n) is 12.3. The van der Waals surface area contributed by atoms with Crippen molar-refractivity contribution in [3.63, 3.8) is 0 Å². The van der Waals surface area contributed by atoms with Crippen LogP contribution in [0.2, 0.25) is 0 Å². The Morgan fingerprint density at radius 1 is 0.594 bits per heavy atom. The minimum absolute atomic E-state index is 0.407. The van der Waals surface area contributed by atoms with Gasteiger partial charge in [-0.05, 0) is 165 Å². The zero-order valence-electron chi connectivity index (χ0n) is 38.4. The van der Waals surface area contributed by atoms with Crippen molar-refractivity contribution in [2.45, 2.75) is 59.8 Å². The number of aliphatic imine (C=N–C) groups is 1. The lowest BCUT2D eigenvalue weighted by molar-refractivity contribution is 0.780. The molecule has 0 bridgehead atoms. The molecule has 318 valence electrons. The molecule has 0 aromatic heterocycles. The predicted octanol–water partition coefficient (Wildman–Crippen LogP) is 17.8. The molecule has 0 radical (unpaired) electrons. The van der Waals surface area contributed by atoms with Gasteiger partial charge in [-0.3, -0.25) is 4.99 Å². The van der Waals surface area contributed by atoms with Gasteiger partial charge in [0.1, 0.15) is 0 Å². The number of nitrogens with zero attached hydrogens (tertiary/aromatic N) is 2. The van der Waals surface area contributed by atoms with Gasteiger partial charge < -0.3 is 4.90 Å². The summed E-state index contributed by atoms with van der Waals surface area (Å²) >= 11 is 0. The molecule has 4 aliphatic carbocycles. The van der Waals surface area contributed by atoms with E-state index in [9.17, 15) is 0 Å². The van der Waals surface area contributed by atoms with Gasteiger partial charge in [0.25, 0.3) is 0 Å². The van der Waals surface area contributed by atoms with Gasteiger partial charge in [-0.25, -0.2) is 0 Å². The van der Waals surface area contributed by atoms with Crippen molar-refractivity contribution in [3.05, 3.63) is 239 Å². The second-order valence-corrected chi connectivity index (χ2v) is 15.6. The Hall–Kier alpha value is -7.29. The molecule has 10 rings (SSSR count). The summed E-state index contributed by atoms with van der Waals surface area (Å²) in [5.41, 5.74) is 22.0. The van der Waals surface area contributed by atoms with Crippen LogP contribution in [0.1, 0.15) is 98.9 Å². The summed E-state index contributed by atoms with van der Waals surface area (Å²) in [6.07, 6.45) is 25.1. The first-order valence-corrected chi connectivity index (χ1v) is 22.8. The fraction of sp³-hybridized carbons (Fsp3) is 0.145. The van der Waals surface area contributed by atoms with E-state index in [1.165, 1.54) is 72.4 Å². The fourth-order valence-corrected chi connectivity index (χ4v) is 9.65. The van der Waals surface area contributed by atoms with E-state index in [1.807, 2.05) is 52.8 Å². The van der Waals surface area contributed by atoms with Gasteiger partial charge in [0.2, 0.25) is 0 Å². The highest BCUT2D eigenvalue weighted by Gasteiger charge is 2.52. The summed E-state index contributed by atoms with van der Waals surface area (Å²) in [5.74, 6) is 0. The Morgan fingerprint density at radius 3 is 1.92 bits per heavy atom. The first-order valence-electron chi connectivity index (χ1n) is 22.8. The molecule has 1 atom stereocenters. The van der Waals surface area contributed by atoms with E-state index >= 15 is 0 Å². The molecule has 0 saturated carbocycles. The summed E-state index contributed by atoms with van der Waals surface area (Å²) in [6.45, 7) is 23.8. The largest absolute Gasteiger partial charge is 0.310 e. The number of hydrogen-bond acceptors (Lipinski definition) is 2. The molecule has 0 fully saturated rings. The molecule has 1 spiro atoms. The van der Waals surface area contributed by atoms with E-state index in [2.05, 4.69) is 207 Å². The van der Waals surface area contributed by atoms with Crippen LogP contribution >= 0.6 is 0 Å². The monoisotopic (exact) mass is 832 g/mol. The molecule has 1 unspecified atom stereocenters. The molecule has 2 nitrogen and oxygen atoms in total. The minimum atomic E-state index is -0.407. The summed E-state index contributed by atoms with van der Waals surface area (Å²) in [4.78, 5) is 5.85. The highest BCUT2D eigenvalue weighted by atomic mass is 15.1. The molecule has 0 amide bonds. The first kappa shape index (κ1) is 44.8. The summed E-state index contributed by atoms with van der Waals surface area (Å²) < 4.78 is 0. The van der Waals surface area contributed by atoms with E-state index < -0.39 is 5.41 Å². The number of rotatable bonds is 7. The van der Waals surface area contributed by atoms with Gasteiger partial charge in [0.05, 0.1) is 5.41 Å². The van der Waals surface area contributed by atoms with Crippen molar-refractivity contribution in [1.29, 1.82) is 0 Å². The van der Waals surface area contributed by atoms with Crippen molar-refractivity contribution in [2.75, 3.05) is 4.90 Å². The van der Waals surface area contributed by atoms with Crippen molar-refractivity contribution in [3.8, 4) is 22.3 Å². The van der Waals surface area contributed by atoms with E-state index in [0.717, 1.165) is 41.0 Å². The Kier molecular flexibility index (Phi) is 14.2. The zero-order valence-corrected chi connectivity index (χ0v) is 38.4. The van der Waals surface area contributed by atoms with E-state index in [4.69, 9.17) is 0 Å². The Labute approximate surface area is 382 Å².